The van der Waals surface area contributed by atoms with E-state index in [1.54, 1.807) is 0 Å². The number of fused-ring (bicyclic) bond motifs is 1. The molecule has 0 saturated carbocycles. The van der Waals surface area contributed by atoms with Crippen LogP contribution in [-0.2, 0) is 11.2 Å². The van der Waals surface area contributed by atoms with E-state index in [-0.39, 0.29) is 6.10 Å². The van der Waals surface area contributed by atoms with Crippen molar-refractivity contribution in [3.05, 3.63) is 23.8 Å². The molecule has 0 aromatic heterocycles. The lowest BCUT2D eigenvalue weighted by atomic mass is 10.2. The molecule has 1 N–H and O–H groups in total. The van der Waals surface area contributed by atoms with E-state index in [1.807, 2.05) is 6.92 Å². The lowest BCUT2D eigenvalue weighted by Crippen LogP contribution is -2.45. The van der Waals surface area contributed by atoms with E-state index in [1.165, 1.54) is 16.9 Å². The largest absolute Gasteiger partial charge is 0.377 e. The highest BCUT2D eigenvalue weighted by atomic mass is 16.5. The second kappa shape index (κ2) is 4.77. The highest BCUT2D eigenvalue weighted by Crippen LogP contribution is 2.52. The summed E-state index contributed by atoms with van der Waals surface area (Å²) in [4.78, 5) is 0. The summed E-state index contributed by atoms with van der Waals surface area (Å²) in [7, 11) is 2.20. The molecule has 17 heavy (non-hydrogen) atoms. The third-order valence-corrected chi connectivity index (χ3v) is 3.51. The minimum Gasteiger partial charge on any atom is -0.377 e. The molecule has 1 aromatic rings. The van der Waals surface area contributed by atoms with Gasteiger partial charge < -0.3 is 4.74 Å². The van der Waals surface area contributed by atoms with E-state index in [9.17, 15) is 0 Å². The molecular weight excluding hydrogens is 212 g/mol. The number of benzene rings is 1. The molecule has 2 atom stereocenters. The van der Waals surface area contributed by atoms with Gasteiger partial charge in [0.2, 0.25) is 11.4 Å². The fourth-order valence-electron chi connectivity index (χ4n) is 2.26. The van der Waals surface area contributed by atoms with Gasteiger partial charge in [-0.3, -0.25) is 0 Å². The first-order valence-electron chi connectivity index (χ1n) is 6.49. The predicted molar refractivity (Wildman–Crippen MR) is 72.3 cm³/mol. The molecule has 0 amide bonds. The Bertz CT molecular complexity index is 405. The molecule has 0 spiro atoms. The van der Waals surface area contributed by atoms with Crippen LogP contribution >= 0.6 is 0 Å². The van der Waals surface area contributed by atoms with Crippen molar-refractivity contribution in [2.45, 2.75) is 33.3 Å². The van der Waals surface area contributed by atoms with E-state index in [4.69, 9.17) is 4.74 Å². The van der Waals surface area contributed by atoms with Crippen LogP contribution in [0.1, 0.15) is 26.3 Å². The fourth-order valence-corrected chi connectivity index (χ4v) is 2.26. The highest BCUT2D eigenvalue weighted by Gasteiger charge is 2.50. The van der Waals surface area contributed by atoms with Gasteiger partial charge in [-0.2, -0.15) is 10.0 Å². The van der Waals surface area contributed by atoms with E-state index in [0.29, 0.717) is 0 Å². The third kappa shape index (κ3) is 2.37. The maximum Gasteiger partial charge on any atom is 0.221 e. The van der Waals surface area contributed by atoms with Crippen LogP contribution in [0.4, 0.5) is 11.4 Å². The molecule has 0 bridgehead atoms. The first kappa shape index (κ1) is 12.6. The Labute approximate surface area is 104 Å². The third-order valence-electron chi connectivity index (χ3n) is 3.51. The van der Waals surface area contributed by atoms with E-state index >= 15 is 0 Å². The SMILES string of the molecule is CCOC(C)CN[N+]1(C)c2ccc(CC)cc21. The normalized spacial score (nSPS) is 23.3. The molecule has 1 heterocycles. The van der Waals surface area contributed by atoms with Gasteiger partial charge in [0.05, 0.1) is 19.7 Å². The summed E-state index contributed by atoms with van der Waals surface area (Å²) in [5.74, 6) is 0. The van der Waals surface area contributed by atoms with E-state index in [2.05, 4.69) is 44.5 Å². The number of nitrogens with zero attached hydrogens (tertiary/aromatic N) is 1. The number of quaternary nitrogens is 1. The summed E-state index contributed by atoms with van der Waals surface area (Å²) in [6.07, 6.45) is 1.36. The van der Waals surface area contributed by atoms with Crippen molar-refractivity contribution in [2.24, 2.45) is 0 Å². The Hall–Kier alpha value is -0.900. The van der Waals surface area contributed by atoms with Gasteiger partial charge in [0, 0.05) is 18.7 Å². The average Bonchev–Trinajstić information content (AvgIpc) is 2.93. The monoisotopic (exact) mass is 235 g/mol. The molecular formula is C14H23N2O+. The summed E-state index contributed by atoms with van der Waals surface area (Å²) in [6.45, 7) is 7.99. The van der Waals surface area contributed by atoms with Crippen LogP contribution in [-0.4, -0.2) is 26.3 Å². The van der Waals surface area contributed by atoms with Crippen molar-refractivity contribution >= 4 is 11.4 Å². The number of hydrogen-bond donors (Lipinski definition) is 1. The Balaban J connectivity index is 1.95. The minimum absolute atomic E-state index is 0.261. The molecule has 1 aliphatic heterocycles. The van der Waals surface area contributed by atoms with Gasteiger partial charge in [-0.1, -0.05) is 13.0 Å². The second-order valence-corrected chi connectivity index (χ2v) is 4.81. The zero-order valence-corrected chi connectivity index (χ0v) is 11.3. The number of nitrogens with one attached hydrogen (secondary N) is 1. The van der Waals surface area contributed by atoms with Crippen molar-refractivity contribution in [1.82, 2.24) is 10.0 Å². The Morgan fingerprint density at radius 3 is 2.71 bits per heavy atom. The first-order valence-corrected chi connectivity index (χ1v) is 6.49. The molecule has 3 nitrogen and oxygen atoms in total. The van der Waals surface area contributed by atoms with Crippen molar-refractivity contribution in [2.75, 3.05) is 20.2 Å². The summed E-state index contributed by atoms with van der Waals surface area (Å²) in [5, 5.41) is 0. The van der Waals surface area contributed by atoms with Gasteiger partial charge in [-0.15, -0.1) is 0 Å². The molecule has 94 valence electrons. The number of aryl methyl sites for hydroxylation is 1. The lowest BCUT2D eigenvalue weighted by molar-refractivity contribution is 0.0688. The Morgan fingerprint density at radius 2 is 2.06 bits per heavy atom. The van der Waals surface area contributed by atoms with Crippen LogP contribution in [0.15, 0.2) is 18.2 Å². The van der Waals surface area contributed by atoms with Gasteiger partial charge in [0.1, 0.15) is 0 Å². The van der Waals surface area contributed by atoms with Crippen molar-refractivity contribution in [1.29, 1.82) is 0 Å². The minimum atomic E-state index is 0.261. The van der Waals surface area contributed by atoms with Gasteiger partial charge >= 0.3 is 0 Å². The maximum absolute atomic E-state index is 5.54. The molecule has 0 fully saturated rings. The van der Waals surface area contributed by atoms with Gasteiger partial charge in [0.25, 0.3) is 0 Å². The average molecular weight is 235 g/mol. The summed E-state index contributed by atoms with van der Waals surface area (Å²) >= 11 is 0. The molecule has 1 aliphatic rings. The van der Waals surface area contributed by atoms with Crippen LogP contribution in [0, 0.1) is 0 Å². The molecule has 3 heteroatoms. The van der Waals surface area contributed by atoms with E-state index in [0.717, 1.165) is 24.2 Å². The van der Waals surface area contributed by atoms with Crippen LogP contribution in [0.25, 0.3) is 0 Å². The van der Waals surface area contributed by atoms with Gasteiger partial charge in [-0.25, -0.2) is 0 Å². The Morgan fingerprint density at radius 1 is 1.29 bits per heavy atom. The number of rotatable bonds is 6. The molecule has 0 saturated heterocycles. The zero-order valence-electron chi connectivity index (χ0n) is 11.3. The van der Waals surface area contributed by atoms with Gasteiger partial charge in [-0.05, 0) is 25.8 Å². The molecule has 2 rings (SSSR count). The van der Waals surface area contributed by atoms with Crippen molar-refractivity contribution in [3.8, 4) is 0 Å². The Kier molecular flexibility index (Phi) is 3.52. The van der Waals surface area contributed by atoms with Crippen LogP contribution in [0.3, 0.4) is 0 Å². The topological polar surface area (TPSA) is 21.3 Å². The van der Waals surface area contributed by atoms with Gasteiger partial charge in [0.15, 0.2) is 0 Å². The van der Waals surface area contributed by atoms with Crippen LogP contribution in [0.5, 0.6) is 0 Å². The summed E-state index contributed by atoms with van der Waals surface area (Å²) < 4.78 is 6.31. The smallest absolute Gasteiger partial charge is 0.221 e. The molecule has 1 aromatic carbocycles. The summed E-state index contributed by atoms with van der Waals surface area (Å²) in [6, 6.07) is 6.75. The first-order chi connectivity index (χ1) is 8.11. The highest BCUT2D eigenvalue weighted by molar-refractivity contribution is 5.86. The van der Waals surface area contributed by atoms with Crippen molar-refractivity contribution in [3.63, 3.8) is 0 Å². The fraction of sp³-hybridized carbons (Fsp3) is 0.571. The molecule has 0 aliphatic carbocycles. The predicted octanol–water partition coefficient (Wildman–Crippen LogP) is 2.76. The van der Waals surface area contributed by atoms with Crippen LogP contribution < -0.4 is 10.0 Å². The second-order valence-electron chi connectivity index (χ2n) is 4.81. The molecule has 2 unspecified atom stereocenters. The molecule has 0 radical (unpaired) electrons. The standard InChI is InChI=1S/C14H23N2O/c1-5-12-7-8-13-14(9-12)16(13,4)15-10-11(3)17-6-2/h7-9,11,15H,5-6,10H2,1-4H3/q+1. The van der Waals surface area contributed by atoms with Crippen molar-refractivity contribution < 1.29 is 4.74 Å². The summed E-state index contributed by atoms with van der Waals surface area (Å²) in [5.41, 5.74) is 7.73. The quantitative estimate of drug-likeness (QED) is 0.604. The van der Waals surface area contributed by atoms with E-state index < -0.39 is 0 Å². The number of hydrogen-bond acceptors (Lipinski definition) is 2. The maximum atomic E-state index is 5.54. The lowest BCUT2D eigenvalue weighted by Gasteiger charge is -2.17. The zero-order chi connectivity index (χ0) is 12.5. The van der Waals surface area contributed by atoms with Crippen LogP contribution in [0.2, 0.25) is 0 Å². The number of ether oxygens (including phenoxy) is 1.